The molecule has 7 heteroatoms. The summed E-state index contributed by atoms with van der Waals surface area (Å²) in [4.78, 5) is 0. The van der Waals surface area contributed by atoms with Crippen LogP contribution < -0.4 is 5.32 Å². The zero-order valence-corrected chi connectivity index (χ0v) is 12.0. The molecule has 0 unspecified atom stereocenters. The standard InChI is InChI=1S/C14H9Cl2F4N/c15-11-5-9(6-12(16)13(11)17)21-7-8-3-1-2-4-10(8)14(18,19)20/h1-6,21H,7H2. The summed E-state index contributed by atoms with van der Waals surface area (Å²) in [6, 6.07) is 7.72. The van der Waals surface area contributed by atoms with Crippen LogP contribution in [0.3, 0.4) is 0 Å². The van der Waals surface area contributed by atoms with Crippen molar-refractivity contribution in [3.63, 3.8) is 0 Å². The second kappa shape index (κ2) is 6.12. The van der Waals surface area contributed by atoms with E-state index in [-0.39, 0.29) is 22.2 Å². The Morgan fingerprint density at radius 3 is 2.14 bits per heavy atom. The molecule has 1 N–H and O–H groups in total. The molecular formula is C14H9Cl2F4N. The third kappa shape index (κ3) is 3.80. The van der Waals surface area contributed by atoms with Gasteiger partial charge in [-0.1, -0.05) is 41.4 Å². The van der Waals surface area contributed by atoms with Crippen molar-refractivity contribution in [3.8, 4) is 0 Å². The van der Waals surface area contributed by atoms with Crippen LogP contribution in [0.2, 0.25) is 10.0 Å². The Labute approximate surface area is 128 Å². The van der Waals surface area contributed by atoms with Gasteiger partial charge in [0.2, 0.25) is 0 Å². The Morgan fingerprint density at radius 2 is 1.57 bits per heavy atom. The predicted octanol–water partition coefficient (Wildman–Crippen LogP) is 5.76. The number of nitrogens with one attached hydrogen (secondary N) is 1. The molecule has 21 heavy (non-hydrogen) atoms. The Hall–Kier alpha value is -1.46. The molecule has 2 aromatic rings. The highest BCUT2D eigenvalue weighted by molar-refractivity contribution is 6.35. The summed E-state index contributed by atoms with van der Waals surface area (Å²) in [5.74, 6) is -0.764. The van der Waals surface area contributed by atoms with Crippen LogP contribution in [0.5, 0.6) is 0 Å². The first-order valence-corrected chi connectivity index (χ1v) is 6.58. The topological polar surface area (TPSA) is 12.0 Å². The lowest BCUT2D eigenvalue weighted by Gasteiger charge is -2.14. The van der Waals surface area contributed by atoms with Crippen molar-refractivity contribution < 1.29 is 17.6 Å². The highest BCUT2D eigenvalue weighted by Gasteiger charge is 2.32. The lowest BCUT2D eigenvalue weighted by atomic mass is 10.1. The van der Waals surface area contributed by atoms with Crippen molar-refractivity contribution in [2.45, 2.75) is 12.7 Å². The lowest BCUT2D eigenvalue weighted by Crippen LogP contribution is -2.11. The Bertz CT molecular complexity index is 633. The van der Waals surface area contributed by atoms with Gasteiger partial charge in [0.05, 0.1) is 15.6 Å². The number of halogens is 6. The first-order valence-electron chi connectivity index (χ1n) is 5.82. The van der Waals surface area contributed by atoms with Gasteiger partial charge >= 0.3 is 6.18 Å². The van der Waals surface area contributed by atoms with E-state index in [0.717, 1.165) is 6.07 Å². The molecule has 2 aromatic carbocycles. The van der Waals surface area contributed by atoms with Crippen LogP contribution in [0.25, 0.3) is 0 Å². The highest BCUT2D eigenvalue weighted by atomic mass is 35.5. The van der Waals surface area contributed by atoms with E-state index in [0.29, 0.717) is 5.69 Å². The average Bonchev–Trinajstić information content (AvgIpc) is 2.41. The summed E-state index contributed by atoms with van der Waals surface area (Å²) in [5.41, 5.74) is -0.318. The van der Waals surface area contributed by atoms with Crippen LogP contribution in [0.4, 0.5) is 23.2 Å². The molecule has 0 atom stereocenters. The van der Waals surface area contributed by atoms with Gasteiger partial charge in [0.25, 0.3) is 0 Å². The summed E-state index contributed by atoms with van der Waals surface area (Å²) < 4.78 is 51.8. The van der Waals surface area contributed by atoms with Gasteiger partial charge in [-0.05, 0) is 23.8 Å². The van der Waals surface area contributed by atoms with E-state index in [4.69, 9.17) is 23.2 Å². The van der Waals surface area contributed by atoms with E-state index < -0.39 is 17.6 Å². The summed E-state index contributed by atoms with van der Waals surface area (Å²) in [6.07, 6.45) is -4.43. The second-order valence-electron chi connectivity index (χ2n) is 4.26. The second-order valence-corrected chi connectivity index (χ2v) is 5.08. The fourth-order valence-electron chi connectivity index (χ4n) is 1.81. The van der Waals surface area contributed by atoms with Gasteiger partial charge in [-0.25, -0.2) is 4.39 Å². The molecule has 0 fully saturated rings. The number of benzene rings is 2. The number of rotatable bonds is 3. The number of hydrogen-bond acceptors (Lipinski definition) is 1. The molecule has 0 amide bonds. The molecule has 0 aromatic heterocycles. The van der Waals surface area contributed by atoms with E-state index in [9.17, 15) is 17.6 Å². The van der Waals surface area contributed by atoms with Crippen molar-refractivity contribution in [2.75, 3.05) is 5.32 Å². The molecule has 0 saturated carbocycles. The van der Waals surface area contributed by atoms with E-state index in [2.05, 4.69) is 5.32 Å². The van der Waals surface area contributed by atoms with Crippen molar-refractivity contribution in [1.82, 2.24) is 0 Å². The molecule has 0 spiro atoms. The SMILES string of the molecule is Fc1c(Cl)cc(NCc2ccccc2C(F)(F)F)cc1Cl. The van der Waals surface area contributed by atoms with Gasteiger partial charge in [0, 0.05) is 12.2 Å². The van der Waals surface area contributed by atoms with Crippen LogP contribution in [0.15, 0.2) is 36.4 Å². The van der Waals surface area contributed by atoms with Crippen molar-refractivity contribution in [2.24, 2.45) is 0 Å². The zero-order chi connectivity index (χ0) is 15.6. The molecule has 0 aliphatic rings. The fourth-order valence-corrected chi connectivity index (χ4v) is 2.29. The molecule has 0 radical (unpaired) electrons. The van der Waals surface area contributed by atoms with Gasteiger partial charge in [-0.2, -0.15) is 13.2 Å². The first kappa shape index (κ1) is 15.9. The highest BCUT2D eigenvalue weighted by Crippen LogP contribution is 2.33. The monoisotopic (exact) mass is 337 g/mol. The third-order valence-electron chi connectivity index (χ3n) is 2.79. The van der Waals surface area contributed by atoms with Crippen molar-refractivity contribution >= 4 is 28.9 Å². The molecule has 0 aliphatic carbocycles. The first-order chi connectivity index (χ1) is 9.79. The minimum Gasteiger partial charge on any atom is -0.381 e. The molecule has 0 aliphatic heterocycles. The molecule has 2 rings (SSSR count). The number of anilines is 1. The van der Waals surface area contributed by atoms with Crippen LogP contribution in [0, 0.1) is 5.82 Å². The fraction of sp³-hybridized carbons (Fsp3) is 0.143. The lowest BCUT2D eigenvalue weighted by molar-refractivity contribution is -0.138. The third-order valence-corrected chi connectivity index (χ3v) is 3.34. The summed E-state index contributed by atoms with van der Waals surface area (Å²) in [6.45, 7) is -0.0893. The summed E-state index contributed by atoms with van der Waals surface area (Å²) in [7, 11) is 0. The Balaban J connectivity index is 2.21. The molecular weight excluding hydrogens is 329 g/mol. The van der Waals surface area contributed by atoms with Crippen molar-refractivity contribution in [3.05, 3.63) is 63.4 Å². The minimum absolute atomic E-state index is 0.0709. The Morgan fingerprint density at radius 1 is 1.00 bits per heavy atom. The van der Waals surface area contributed by atoms with Gasteiger partial charge in [0.15, 0.2) is 5.82 Å². The Kier molecular flexibility index (Phi) is 4.64. The number of hydrogen-bond donors (Lipinski definition) is 1. The molecule has 0 heterocycles. The van der Waals surface area contributed by atoms with Crippen LogP contribution >= 0.6 is 23.2 Å². The quantitative estimate of drug-likeness (QED) is 0.554. The van der Waals surface area contributed by atoms with Crippen LogP contribution in [-0.2, 0) is 12.7 Å². The smallest absolute Gasteiger partial charge is 0.381 e. The molecule has 112 valence electrons. The maximum Gasteiger partial charge on any atom is 0.416 e. The van der Waals surface area contributed by atoms with E-state index in [1.807, 2.05) is 0 Å². The van der Waals surface area contributed by atoms with Gasteiger partial charge in [-0.3, -0.25) is 0 Å². The normalized spacial score (nSPS) is 11.5. The maximum atomic E-state index is 13.3. The average molecular weight is 338 g/mol. The minimum atomic E-state index is -4.43. The largest absolute Gasteiger partial charge is 0.416 e. The zero-order valence-electron chi connectivity index (χ0n) is 10.4. The molecule has 1 nitrogen and oxygen atoms in total. The predicted molar refractivity (Wildman–Crippen MR) is 75.2 cm³/mol. The van der Waals surface area contributed by atoms with E-state index >= 15 is 0 Å². The van der Waals surface area contributed by atoms with Gasteiger partial charge < -0.3 is 5.32 Å². The van der Waals surface area contributed by atoms with Gasteiger partial charge in [-0.15, -0.1) is 0 Å². The van der Waals surface area contributed by atoms with E-state index in [1.54, 1.807) is 0 Å². The molecule has 0 bridgehead atoms. The summed E-state index contributed by atoms with van der Waals surface area (Å²) >= 11 is 11.3. The van der Waals surface area contributed by atoms with Crippen LogP contribution in [0.1, 0.15) is 11.1 Å². The van der Waals surface area contributed by atoms with Gasteiger partial charge in [0.1, 0.15) is 0 Å². The number of alkyl halides is 3. The van der Waals surface area contributed by atoms with E-state index in [1.165, 1.54) is 30.3 Å². The van der Waals surface area contributed by atoms with Crippen molar-refractivity contribution in [1.29, 1.82) is 0 Å². The van der Waals surface area contributed by atoms with Crippen LogP contribution in [-0.4, -0.2) is 0 Å². The molecule has 0 saturated heterocycles. The maximum absolute atomic E-state index is 13.3. The summed E-state index contributed by atoms with van der Waals surface area (Å²) in [5, 5.41) is 2.35.